The summed E-state index contributed by atoms with van der Waals surface area (Å²) in [6.07, 6.45) is 7.62. The monoisotopic (exact) mass is 194 g/mol. The van der Waals surface area contributed by atoms with Gasteiger partial charge in [-0.3, -0.25) is 0 Å². The molecule has 0 atom stereocenters. The number of aryl methyl sites for hydroxylation is 2. The predicted molar refractivity (Wildman–Crippen MR) is 57.3 cm³/mol. The van der Waals surface area contributed by atoms with Crippen LogP contribution in [0.5, 0.6) is 0 Å². The van der Waals surface area contributed by atoms with Crippen LogP contribution in [0.1, 0.15) is 36.8 Å². The van der Waals surface area contributed by atoms with E-state index in [1.807, 2.05) is 0 Å². The minimum Gasteiger partial charge on any atom is -0.0837 e. The molecule has 0 fully saturated rings. The summed E-state index contributed by atoms with van der Waals surface area (Å²) in [5.74, 6) is 0. The number of benzene rings is 1. The van der Waals surface area contributed by atoms with Crippen LogP contribution in [0.15, 0.2) is 18.2 Å². The van der Waals surface area contributed by atoms with Crippen LogP contribution in [0.2, 0.25) is 5.02 Å². The third kappa shape index (κ3) is 2.05. The van der Waals surface area contributed by atoms with Crippen molar-refractivity contribution < 1.29 is 0 Å². The molecular weight excluding hydrogens is 180 g/mol. The highest BCUT2D eigenvalue weighted by Gasteiger charge is 2.07. The minimum absolute atomic E-state index is 1.03. The van der Waals surface area contributed by atoms with E-state index >= 15 is 0 Å². The van der Waals surface area contributed by atoms with Crippen molar-refractivity contribution in [1.29, 1.82) is 0 Å². The summed E-state index contributed by atoms with van der Waals surface area (Å²) in [7, 11) is 0. The van der Waals surface area contributed by atoms with Gasteiger partial charge in [-0.25, -0.2) is 0 Å². The summed E-state index contributed by atoms with van der Waals surface area (Å²) in [4.78, 5) is 0. The molecule has 0 nitrogen and oxygen atoms in total. The summed E-state index contributed by atoms with van der Waals surface area (Å²) in [6.45, 7) is 0. The van der Waals surface area contributed by atoms with Crippen molar-refractivity contribution in [2.45, 2.75) is 38.5 Å². The van der Waals surface area contributed by atoms with E-state index in [0.29, 0.717) is 0 Å². The Kier molecular flexibility index (Phi) is 2.90. The number of hydrogen-bond acceptors (Lipinski definition) is 0. The van der Waals surface area contributed by atoms with E-state index in [2.05, 4.69) is 18.2 Å². The lowest BCUT2D eigenvalue weighted by molar-refractivity contribution is 0.649. The molecule has 1 heteroatoms. The molecule has 0 aromatic heterocycles. The van der Waals surface area contributed by atoms with Gasteiger partial charge in [0.05, 0.1) is 0 Å². The SMILES string of the molecule is Clc1c2cccc1CCCCCC2. The Balaban J connectivity index is 2.33. The molecule has 0 unspecified atom stereocenters. The van der Waals surface area contributed by atoms with Crippen LogP contribution in [0.3, 0.4) is 0 Å². The lowest BCUT2D eigenvalue weighted by atomic mass is 10.1. The van der Waals surface area contributed by atoms with E-state index in [9.17, 15) is 0 Å². The van der Waals surface area contributed by atoms with Gasteiger partial charge in [0.1, 0.15) is 0 Å². The van der Waals surface area contributed by atoms with Crippen LogP contribution in [0.4, 0.5) is 0 Å². The van der Waals surface area contributed by atoms with Gasteiger partial charge in [0, 0.05) is 5.02 Å². The normalized spacial score (nSPS) is 17.3. The molecule has 1 aliphatic carbocycles. The highest BCUT2D eigenvalue weighted by molar-refractivity contribution is 6.32. The van der Waals surface area contributed by atoms with Gasteiger partial charge in [-0.15, -0.1) is 0 Å². The van der Waals surface area contributed by atoms with E-state index in [0.717, 1.165) is 17.9 Å². The highest BCUT2D eigenvalue weighted by atomic mass is 35.5. The second kappa shape index (κ2) is 4.15. The van der Waals surface area contributed by atoms with Crippen LogP contribution in [0.25, 0.3) is 0 Å². The van der Waals surface area contributed by atoms with Gasteiger partial charge in [-0.1, -0.05) is 42.6 Å². The first kappa shape index (κ1) is 9.08. The molecule has 2 rings (SSSR count). The van der Waals surface area contributed by atoms with Gasteiger partial charge in [-0.2, -0.15) is 0 Å². The Morgan fingerprint density at radius 2 is 1.38 bits per heavy atom. The van der Waals surface area contributed by atoms with E-state index in [1.165, 1.54) is 36.8 Å². The van der Waals surface area contributed by atoms with E-state index in [1.54, 1.807) is 0 Å². The molecule has 0 N–H and O–H groups in total. The summed E-state index contributed by atoms with van der Waals surface area (Å²) < 4.78 is 0. The van der Waals surface area contributed by atoms with E-state index < -0.39 is 0 Å². The highest BCUT2D eigenvalue weighted by Crippen LogP contribution is 2.26. The summed E-state index contributed by atoms with van der Waals surface area (Å²) in [5, 5.41) is 1.03. The van der Waals surface area contributed by atoms with Crippen molar-refractivity contribution in [1.82, 2.24) is 0 Å². The lowest BCUT2D eigenvalue weighted by Crippen LogP contribution is -1.89. The smallest absolute Gasteiger partial charge is 0.0469 e. The van der Waals surface area contributed by atoms with Crippen molar-refractivity contribution >= 4 is 11.6 Å². The van der Waals surface area contributed by atoms with Crippen LogP contribution < -0.4 is 0 Å². The van der Waals surface area contributed by atoms with Gasteiger partial charge >= 0.3 is 0 Å². The first-order valence-electron chi connectivity index (χ1n) is 5.14. The number of hydrogen-bond donors (Lipinski definition) is 0. The molecule has 0 heterocycles. The maximum atomic E-state index is 6.29. The van der Waals surface area contributed by atoms with E-state index in [4.69, 9.17) is 11.6 Å². The van der Waals surface area contributed by atoms with Crippen LogP contribution in [-0.4, -0.2) is 0 Å². The Hall–Kier alpha value is -0.490. The lowest BCUT2D eigenvalue weighted by Gasteiger charge is -2.06. The molecule has 2 bridgehead atoms. The predicted octanol–water partition coefficient (Wildman–Crippen LogP) is 4.00. The summed E-state index contributed by atoms with van der Waals surface area (Å²) in [5.41, 5.74) is 2.70. The van der Waals surface area contributed by atoms with Gasteiger partial charge in [0.15, 0.2) is 0 Å². The number of halogens is 1. The second-order valence-corrected chi connectivity index (χ2v) is 4.18. The molecule has 1 aromatic rings. The molecule has 1 aromatic carbocycles. The van der Waals surface area contributed by atoms with Gasteiger partial charge < -0.3 is 0 Å². The molecule has 70 valence electrons. The number of fused-ring (bicyclic) bond motifs is 2. The number of rotatable bonds is 0. The van der Waals surface area contributed by atoms with Gasteiger partial charge in [-0.05, 0) is 36.8 Å². The summed E-state index contributed by atoms with van der Waals surface area (Å²) in [6, 6.07) is 6.47. The average Bonchev–Trinajstić information content (AvgIpc) is 2.21. The van der Waals surface area contributed by atoms with Crippen LogP contribution in [0, 0.1) is 0 Å². The topological polar surface area (TPSA) is 0 Å². The first-order valence-corrected chi connectivity index (χ1v) is 5.52. The van der Waals surface area contributed by atoms with Crippen LogP contribution >= 0.6 is 11.6 Å². The molecule has 13 heavy (non-hydrogen) atoms. The molecule has 0 aliphatic heterocycles. The molecule has 0 saturated heterocycles. The third-order valence-electron chi connectivity index (χ3n) is 2.80. The van der Waals surface area contributed by atoms with Crippen molar-refractivity contribution in [2.24, 2.45) is 0 Å². The Labute approximate surface area is 84.9 Å². The van der Waals surface area contributed by atoms with Gasteiger partial charge in [0.25, 0.3) is 0 Å². The standard InChI is InChI=1S/C12H15Cl/c13-12-10-6-3-1-2-4-7-11(12)9-5-8-10/h5,8-9H,1-4,6-7H2. The van der Waals surface area contributed by atoms with Gasteiger partial charge in [0.2, 0.25) is 0 Å². The fraction of sp³-hybridized carbons (Fsp3) is 0.500. The molecule has 1 aliphatic rings. The van der Waals surface area contributed by atoms with Crippen molar-refractivity contribution in [3.05, 3.63) is 34.3 Å². The van der Waals surface area contributed by atoms with E-state index in [-0.39, 0.29) is 0 Å². The molecule has 0 amide bonds. The molecular formula is C12H15Cl. The second-order valence-electron chi connectivity index (χ2n) is 3.80. The Morgan fingerprint density at radius 3 is 1.92 bits per heavy atom. The third-order valence-corrected chi connectivity index (χ3v) is 3.29. The van der Waals surface area contributed by atoms with Crippen molar-refractivity contribution in [2.75, 3.05) is 0 Å². The zero-order valence-electron chi connectivity index (χ0n) is 7.85. The largest absolute Gasteiger partial charge is 0.0837 e. The van der Waals surface area contributed by atoms with Crippen molar-refractivity contribution in [3.8, 4) is 0 Å². The zero-order valence-corrected chi connectivity index (χ0v) is 8.61. The fourth-order valence-electron chi connectivity index (χ4n) is 2.00. The molecule has 0 saturated carbocycles. The first-order chi connectivity index (χ1) is 6.38. The molecule has 0 radical (unpaired) electrons. The zero-order chi connectivity index (χ0) is 9.10. The quantitative estimate of drug-likeness (QED) is 0.586. The maximum absolute atomic E-state index is 6.29. The molecule has 0 spiro atoms. The average molecular weight is 195 g/mol. The minimum atomic E-state index is 1.03. The maximum Gasteiger partial charge on any atom is 0.0469 e. The summed E-state index contributed by atoms with van der Waals surface area (Å²) >= 11 is 6.29. The Morgan fingerprint density at radius 1 is 0.846 bits per heavy atom. The van der Waals surface area contributed by atoms with Crippen LogP contribution in [-0.2, 0) is 12.8 Å². The van der Waals surface area contributed by atoms with Crippen molar-refractivity contribution in [3.63, 3.8) is 0 Å². The fourth-order valence-corrected chi connectivity index (χ4v) is 2.32. The Bertz CT molecular complexity index is 265.